The molecular formula is C20H13N3O6. The standard InChI is InChI=1S/C20H13N3O6/c1-2-10-29-16-8-6-13(7-9-16)11-17-18(24)21-20(26)22(19(17)25)14-4-3-5-15(12-14)23(27)28/h1,3-9,11-12H,10H2,(H,21,24,26)/b17-11+. The largest absolute Gasteiger partial charge is 0.481 e. The van der Waals surface area contributed by atoms with Gasteiger partial charge in [0, 0.05) is 12.1 Å². The van der Waals surface area contributed by atoms with E-state index in [0.717, 1.165) is 6.07 Å². The number of nitro groups is 1. The lowest BCUT2D eigenvalue weighted by molar-refractivity contribution is -0.384. The van der Waals surface area contributed by atoms with Crippen LogP contribution in [0.15, 0.2) is 54.1 Å². The van der Waals surface area contributed by atoms with Gasteiger partial charge < -0.3 is 4.74 Å². The summed E-state index contributed by atoms with van der Waals surface area (Å²) in [5, 5.41) is 13.0. The minimum Gasteiger partial charge on any atom is -0.481 e. The van der Waals surface area contributed by atoms with Crippen molar-refractivity contribution in [1.82, 2.24) is 5.32 Å². The third kappa shape index (κ3) is 4.12. The third-order valence-electron chi connectivity index (χ3n) is 3.91. The van der Waals surface area contributed by atoms with Crippen LogP contribution in [0.1, 0.15) is 5.56 Å². The van der Waals surface area contributed by atoms with Crippen molar-refractivity contribution in [2.24, 2.45) is 0 Å². The number of carbonyl (C=O) groups excluding carboxylic acids is 3. The van der Waals surface area contributed by atoms with Crippen molar-refractivity contribution in [1.29, 1.82) is 0 Å². The first-order valence-corrected chi connectivity index (χ1v) is 8.23. The van der Waals surface area contributed by atoms with E-state index in [1.165, 1.54) is 24.3 Å². The van der Waals surface area contributed by atoms with Gasteiger partial charge in [-0.05, 0) is 29.8 Å². The van der Waals surface area contributed by atoms with Crippen LogP contribution in [0.4, 0.5) is 16.2 Å². The molecule has 1 saturated heterocycles. The molecule has 4 amide bonds. The number of ether oxygens (including phenoxy) is 1. The Morgan fingerprint density at radius 2 is 1.90 bits per heavy atom. The Morgan fingerprint density at radius 3 is 2.55 bits per heavy atom. The maximum absolute atomic E-state index is 12.8. The number of nitrogens with zero attached hydrogens (tertiary/aromatic N) is 2. The molecule has 0 saturated carbocycles. The molecule has 0 atom stereocenters. The first-order chi connectivity index (χ1) is 13.9. The number of terminal acetylenes is 1. The molecule has 0 aliphatic carbocycles. The van der Waals surface area contributed by atoms with Crippen molar-refractivity contribution in [3.05, 3.63) is 69.8 Å². The summed E-state index contributed by atoms with van der Waals surface area (Å²) in [4.78, 5) is 48.1. The van der Waals surface area contributed by atoms with E-state index in [1.54, 1.807) is 24.3 Å². The molecule has 0 spiro atoms. The summed E-state index contributed by atoms with van der Waals surface area (Å²) in [6.07, 6.45) is 6.43. The number of barbiturate groups is 1. The van der Waals surface area contributed by atoms with E-state index in [2.05, 4.69) is 11.2 Å². The average Bonchev–Trinajstić information content (AvgIpc) is 2.70. The van der Waals surface area contributed by atoms with Crippen LogP contribution in [-0.4, -0.2) is 29.4 Å². The van der Waals surface area contributed by atoms with Gasteiger partial charge in [-0.1, -0.05) is 24.1 Å². The van der Waals surface area contributed by atoms with E-state index in [-0.39, 0.29) is 23.6 Å². The minimum absolute atomic E-state index is 0.0295. The molecule has 0 radical (unpaired) electrons. The Morgan fingerprint density at radius 1 is 1.17 bits per heavy atom. The maximum atomic E-state index is 12.8. The molecular weight excluding hydrogens is 378 g/mol. The number of benzene rings is 2. The number of nitrogens with one attached hydrogen (secondary N) is 1. The molecule has 0 bridgehead atoms. The highest BCUT2D eigenvalue weighted by Crippen LogP contribution is 2.25. The van der Waals surface area contributed by atoms with Crippen molar-refractivity contribution in [2.45, 2.75) is 0 Å². The molecule has 0 aromatic heterocycles. The average molecular weight is 391 g/mol. The number of imide groups is 2. The van der Waals surface area contributed by atoms with Gasteiger partial charge in [0.25, 0.3) is 17.5 Å². The molecule has 1 aliphatic heterocycles. The van der Waals surface area contributed by atoms with Crippen LogP contribution in [0.25, 0.3) is 6.08 Å². The molecule has 0 unspecified atom stereocenters. The van der Waals surface area contributed by atoms with E-state index < -0.39 is 22.8 Å². The van der Waals surface area contributed by atoms with Crippen LogP contribution < -0.4 is 15.0 Å². The monoisotopic (exact) mass is 391 g/mol. The SMILES string of the molecule is C#CCOc1ccc(/C=C2\C(=O)NC(=O)N(c3cccc([N+](=O)[O-])c3)C2=O)cc1. The van der Waals surface area contributed by atoms with E-state index in [0.29, 0.717) is 16.2 Å². The Bertz CT molecular complexity index is 1080. The quantitative estimate of drug-likeness (QED) is 0.275. The van der Waals surface area contributed by atoms with Crippen molar-refractivity contribution in [3.63, 3.8) is 0 Å². The smallest absolute Gasteiger partial charge is 0.335 e. The molecule has 29 heavy (non-hydrogen) atoms. The van der Waals surface area contributed by atoms with Gasteiger partial charge in [0.1, 0.15) is 17.9 Å². The predicted molar refractivity (Wildman–Crippen MR) is 103 cm³/mol. The zero-order valence-corrected chi connectivity index (χ0v) is 14.8. The van der Waals surface area contributed by atoms with Crippen molar-refractivity contribution in [2.75, 3.05) is 11.5 Å². The summed E-state index contributed by atoms with van der Waals surface area (Å²) < 4.78 is 5.25. The molecule has 3 rings (SSSR count). The van der Waals surface area contributed by atoms with Crippen LogP contribution in [0.5, 0.6) is 5.75 Å². The fraction of sp³-hybridized carbons (Fsp3) is 0.0500. The van der Waals surface area contributed by atoms with Gasteiger partial charge in [0.15, 0.2) is 0 Å². The van der Waals surface area contributed by atoms with E-state index in [4.69, 9.17) is 11.2 Å². The van der Waals surface area contributed by atoms with E-state index in [9.17, 15) is 24.5 Å². The van der Waals surface area contributed by atoms with Crippen LogP contribution in [0, 0.1) is 22.5 Å². The predicted octanol–water partition coefficient (Wildman–Crippen LogP) is 2.27. The van der Waals surface area contributed by atoms with Crippen LogP contribution in [0.2, 0.25) is 0 Å². The third-order valence-corrected chi connectivity index (χ3v) is 3.91. The Labute approximate surface area is 164 Å². The molecule has 2 aromatic carbocycles. The van der Waals surface area contributed by atoms with Crippen molar-refractivity contribution < 1.29 is 24.0 Å². The number of rotatable bonds is 5. The normalized spacial score (nSPS) is 15.1. The lowest BCUT2D eigenvalue weighted by Crippen LogP contribution is -2.54. The molecule has 1 N–H and O–H groups in total. The molecule has 1 fully saturated rings. The molecule has 9 nitrogen and oxygen atoms in total. The van der Waals surface area contributed by atoms with Gasteiger partial charge in [0.05, 0.1) is 10.6 Å². The summed E-state index contributed by atoms with van der Waals surface area (Å²) in [6, 6.07) is 10.4. The zero-order chi connectivity index (χ0) is 21.0. The van der Waals surface area contributed by atoms with Gasteiger partial charge in [0.2, 0.25) is 0 Å². The molecule has 1 aliphatic rings. The topological polar surface area (TPSA) is 119 Å². The van der Waals surface area contributed by atoms with E-state index in [1.807, 2.05) is 0 Å². The second-order valence-electron chi connectivity index (χ2n) is 5.80. The fourth-order valence-electron chi connectivity index (χ4n) is 2.59. The molecule has 144 valence electrons. The number of nitro benzene ring substituents is 1. The van der Waals surface area contributed by atoms with Gasteiger partial charge in [-0.25, -0.2) is 9.69 Å². The first kappa shape index (κ1) is 19.3. The lowest BCUT2D eigenvalue weighted by atomic mass is 10.1. The highest BCUT2D eigenvalue weighted by Gasteiger charge is 2.37. The first-order valence-electron chi connectivity index (χ1n) is 8.23. The molecule has 9 heteroatoms. The number of amides is 4. The number of urea groups is 1. The highest BCUT2D eigenvalue weighted by atomic mass is 16.6. The van der Waals surface area contributed by atoms with Crippen LogP contribution in [0.3, 0.4) is 0 Å². The lowest BCUT2D eigenvalue weighted by Gasteiger charge is -2.26. The maximum Gasteiger partial charge on any atom is 0.335 e. The van der Waals surface area contributed by atoms with Crippen LogP contribution in [-0.2, 0) is 9.59 Å². The fourth-order valence-corrected chi connectivity index (χ4v) is 2.59. The van der Waals surface area contributed by atoms with Crippen LogP contribution >= 0.6 is 0 Å². The van der Waals surface area contributed by atoms with Gasteiger partial charge in [-0.15, -0.1) is 6.42 Å². The summed E-state index contributed by atoms with van der Waals surface area (Å²) >= 11 is 0. The number of anilines is 1. The molecule has 1 heterocycles. The Kier molecular flexibility index (Phi) is 5.37. The zero-order valence-electron chi connectivity index (χ0n) is 14.8. The number of hydrogen-bond acceptors (Lipinski definition) is 6. The summed E-state index contributed by atoms with van der Waals surface area (Å²) in [7, 11) is 0. The Balaban J connectivity index is 1.93. The van der Waals surface area contributed by atoms with E-state index >= 15 is 0 Å². The minimum atomic E-state index is -0.990. The second kappa shape index (κ2) is 8.06. The van der Waals surface area contributed by atoms with Crippen molar-refractivity contribution >= 4 is 35.3 Å². The summed E-state index contributed by atoms with van der Waals surface area (Å²) in [5.41, 5.74) is -0.121. The highest BCUT2D eigenvalue weighted by molar-refractivity contribution is 6.39. The summed E-state index contributed by atoms with van der Waals surface area (Å²) in [6.45, 7) is 0.0988. The number of carbonyl (C=O) groups is 3. The summed E-state index contributed by atoms with van der Waals surface area (Å²) in [5.74, 6) is 1.08. The van der Waals surface area contributed by atoms with Gasteiger partial charge in [-0.2, -0.15) is 0 Å². The Hall–Kier alpha value is -4.45. The number of non-ortho nitro benzene ring substituents is 1. The number of hydrogen-bond donors (Lipinski definition) is 1. The van der Waals surface area contributed by atoms with Crippen molar-refractivity contribution in [3.8, 4) is 18.1 Å². The van der Waals surface area contributed by atoms with Gasteiger partial charge >= 0.3 is 6.03 Å². The second-order valence-corrected chi connectivity index (χ2v) is 5.80. The molecule has 2 aromatic rings. The van der Waals surface area contributed by atoms with Gasteiger partial charge in [-0.3, -0.25) is 25.0 Å².